The third-order valence-corrected chi connectivity index (χ3v) is 2.98. The molecule has 1 heterocycles. The summed E-state index contributed by atoms with van der Waals surface area (Å²) in [7, 11) is 1.77. The molecule has 1 aromatic rings. The molecule has 0 aliphatic rings. The lowest BCUT2D eigenvalue weighted by Gasteiger charge is -1.97. The van der Waals surface area contributed by atoms with Crippen LogP contribution < -0.4 is 0 Å². The molecule has 16 heavy (non-hydrogen) atoms. The van der Waals surface area contributed by atoms with Crippen molar-refractivity contribution in [1.29, 1.82) is 0 Å². The molecule has 86 valence electrons. The van der Waals surface area contributed by atoms with E-state index < -0.39 is 0 Å². The Bertz CT molecular complexity index is 407. The molecule has 1 rings (SSSR count). The third kappa shape index (κ3) is 3.94. The Balaban J connectivity index is 2.54. The van der Waals surface area contributed by atoms with Crippen molar-refractivity contribution < 1.29 is 5.21 Å². The summed E-state index contributed by atoms with van der Waals surface area (Å²) in [6, 6.07) is 0. The Morgan fingerprint density at radius 1 is 1.62 bits per heavy atom. The molecule has 5 heteroatoms. The zero-order valence-corrected chi connectivity index (χ0v) is 10.2. The van der Waals surface area contributed by atoms with E-state index in [1.54, 1.807) is 18.4 Å². The largest absolute Gasteiger partial charge is 0.411 e. The van der Waals surface area contributed by atoms with E-state index in [2.05, 4.69) is 21.2 Å². The molecule has 1 aromatic heterocycles. The molecular weight excluding hydrogens is 222 g/mol. The fourth-order valence-corrected chi connectivity index (χ4v) is 2.01. The van der Waals surface area contributed by atoms with Crippen LogP contribution in [-0.4, -0.2) is 29.7 Å². The summed E-state index contributed by atoms with van der Waals surface area (Å²) in [4.78, 5) is 8.29. The zero-order chi connectivity index (χ0) is 11.8. The summed E-state index contributed by atoms with van der Waals surface area (Å²) in [5.74, 6) is 0. The lowest BCUT2D eigenvalue weighted by atomic mass is 10.1. The van der Waals surface area contributed by atoms with E-state index in [0.717, 1.165) is 17.8 Å². The van der Waals surface area contributed by atoms with Gasteiger partial charge in [-0.3, -0.25) is 4.99 Å². The van der Waals surface area contributed by atoms with Crippen LogP contribution in [-0.2, 0) is 6.42 Å². The molecule has 0 aliphatic heterocycles. The number of hydrogen-bond donors (Lipinski definition) is 1. The van der Waals surface area contributed by atoms with Crippen LogP contribution in [0.5, 0.6) is 0 Å². The van der Waals surface area contributed by atoms with Gasteiger partial charge in [0, 0.05) is 25.1 Å². The Labute approximate surface area is 99.1 Å². The first-order chi connectivity index (χ1) is 7.80. The summed E-state index contributed by atoms with van der Waals surface area (Å²) in [6.45, 7) is 2.00. The van der Waals surface area contributed by atoms with E-state index in [4.69, 9.17) is 5.21 Å². The summed E-state index contributed by atoms with van der Waals surface area (Å²) in [6.07, 6.45) is 7.07. The fourth-order valence-electron chi connectivity index (χ4n) is 1.26. The number of aromatic nitrogens is 1. The van der Waals surface area contributed by atoms with Crippen molar-refractivity contribution in [2.24, 2.45) is 10.1 Å². The number of aryl methyl sites for hydroxylation is 1. The number of nitrogens with zero attached hydrogens (tertiary/aromatic N) is 3. The van der Waals surface area contributed by atoms with Gasteiger partial charge in [0.15, 0.2) is 0 Å². The first-order valence-corrected chi connectivity index (χ1v) is 5.87. The second-order valence-electron chi connectivity index (χ2n) is 3.16. The molecule has 0 aromatic carbocycles. The van der Waals surface area contributed by atoms with Crippen LogP contribution >= 0.6 is 11.3 Å². The van der Waals surface area contributed by atoms with Crippen LogP contribution in [0.4, 0.5) is 0 Å². The molecule has 1 N–H and O–H groups in total. The molecule has 0 atom stereocenters. The number of aliphatic imine (C=N–C) groups is 1. The number of oxime groups is 1. The topological polar surface area (TPSA) is 57.8 Å². The van der Waals surface area contributed by atoms with Crippen LogP contribution in [0.15, 0.2) is 27.2 Å². The molecule has 4 nitrogen and oxygen atoms in total. The molecule has 0 aliphatic carbocycles. The standard InChI is InChI=1S/C11H15N3OS/c1-3-9(6-12-2)4-5-11-14-10(7-13-15)8-16-11/h3,6-8,15H,4-5H2,1-2H3/b9-3-,12-6-,13-7-. The van der Waals surface area contributed by atoms with Gasteiger partial charge in [-0.25, -0.2) is 4.98 Å². The van der Waals surface area contributed by atoms with E-state index >= 15 is 0 Å². The highest BCUT2D eigenvalue weighted by Gasteiger charge is 2.01. The van der Waals surface area contributed by atoms with Crippen molar-refractivity contribution in [1.82, 2.24) is 4.98 Å². The third-order valence-electron chi connectivity index (χ3n) is 2.05. The quantitative estimate of drug-likeness (QED) is 0.486. The van der Waals surface area contributed by atoms with E-state index in [-0.39, 0.29) is 0 Å². The summed E-state index contributed by atoms with van der Waals surface area (Å²) < 4.78 is 0. The van der Waals surface area contributed by atoms with Gasteiger partial charge in [0.1, 0.15) is 0 Å². The zero-order valence-electron chi connectivity index (χ0n) is 9.42. The SMILES string of the molecule is C/C=C(\C=N/C)CCc1nc(/C=N\O)cs1. The van der Waals surface area contributed by atoms with E-state index in [1.807, 2.05) is 18.5 Å². The van der Waals surface area contributed by atoms with Gasteiger partial charge in [0.2, 0.25) is 0 Å². The average Bonchev–Trinajstić information content (AvgIpc) is 2.72. The van der Waals surface area contributed by atoms with Gasteiger partial charge in [0.25, 0.3) is 0 Å². The number of allylic oxidation sites excluding steroid dienone is 2. The molecule has 0 radical (unpaired) electrons. The van der Waals surface area contributed by atoms with Gasteiger partial charge in [0.05, 0.1) is 16.9 Å². The van der Waals surface area contributed by atoms with Gasteiger partial charge in [-0.05, 0) is 18.9 Å². The highest BCUT2D eigenvalue weighted by molar-refractivity contribution is 7.09. The summed E-state index contributed by atoms with van der Waals surface area (Å²) >= 11 is 1.57. The Morgan fingerprint density at radius 3 is 3.06 bits per heavy atom. The van der Waals surface area contributed by atoms with Gasteiger partial charge >= 0.3 is 0 Å². The minimum absolute atomic E-state index is 0.702. The Hall–Kier alpha value is -1.49. The molecule has 0 spiro atoms. The van der Waals surface area contributed by atoms with Crippen LogP contribution in [0.2, 0.25) is 0 Å². The van der Waals surface area contributed by atoms with Crippen molar-refractivity contribution >= 4 is 23.8 Å². The van der Waals surface area contributed by atoms with Crippen LogP contribution in [0.25, 0.3) is 0 Å². The fraction of sp³-hybridized carbons (Fsp3) is 0.364. The maximum atomic E-state index is 8.36. The number of rotatable bonds is 5. The first-order valence-electron chi connectivity index (χ1n) is 4.99. The minimum Gasteiger partial charge on any atom is -0.411 e. The lowest BCUT2D eigenvalue weighted by molar-refractivity contribution is 0.321. The smallest absolute Gasteiger partial charge is 0.0958 e. The van der Waals surface area contributed by atoms with Crippen LogP contribution in [0.3, 0.4) is 0 Å². The molecule has 0 saturated carbocycles. The molecule has 0 amide bonds. The summed E-state index contributed by atoms with van der Waals surface area (Å²) in [5.41, 5.74) is 1.91. The van der Waals surface area contributed by atoms with E-state index in [1.165, 1.54) is 11.8 Å². The maximum absolute atomic E-state index is 8.36. The predicted octanol–water partition coefficient (Wildman–Crippen LogP) is 2.53. The number of hydrogen-bond acceptors (Lipinski definition) is 5. The van der Waals surface area contributed by atoms with Gasteiger partial charge in [-0.2, -0.15) is 0 Å². The maximum Gasteiger partial charge on any atom is 0.0958 e. The summed E-state index contributed by atoms with van der Waals surface area (Å²) in [5, 5.41) is 14.2. The van der Waals surface area contributed by atoms with Crippen LogP contribution in [0.1, 0.15) is 24.0 Å². The average molecular weight is 237 g/mol. The molecular formula is C11H15N3OS. The Kier molecular flexibility index (Phi) is 5.42. The first kappa shape index (κ1) is 12.6. The van der Waals surface area contributed by atoms with Crippen LogP contribution in [0, 0.1) is 0 Å². The monoisotopic (exact) mass is 237 g/mol. The van der Waals surface area contributed by atoms with Gasteiger partial charge in [-0.1, -0.05) is 11.2 Å². The van der Waals surface area contributed by atoms with Crippen molar-refractivity contribution in [3.05, 3.63) is 27.7 Å². The normalized spacial score (nSPS) is 13.0. The van der Waals surface area contributed by atoms with Gasteiger partial charge in [-0.15, -0.1) is 11.3 Å². The Morgan fingerprint density at radius 2 is 2.44 bits per heavy atom. The van der Waals surface area contributed by atoms with Crippen molar-refractivity contribution in [2.45, 2.75) is 19.8 Å². The molecule has 0 saturated heterocycles. The highest BCUT2D eigenvalue weighted by Crippen LogP contribution is 2.13. The van der Waals surface area contributed by atoms with Crippen molar-refractivity contribution in [3.8, 4) is 0 Å². The second-order valence-corrected chi connectivity index (χ2v) is 4.10. The lowest BCUT2D eigenvalue weighted by Crippen LogP contribution is -1.91. The predicted molar refractivity (Wildman–Crippen MR) is 68.0 cm³/mol. The second kappa shape index (κ2) is 6.90. The highest BCUT2D eigenvalue weighted by atomic mass is 32.1. The van der Waals surface area contributed by atoms with E-state index in [0.29, 0.717) is 5.69 Å². The van der Waals surface area contributed by atoms with E-state index in [9.17, 15) is 0 Å². The molecule has 0 unspecified atom stereocenters. The minimum atomic E-state index is 0.702. The molecule has 0 fully saturated rings. The van der Waals surface area contributed by atoms with Gasteiger partial charge < -0.3 is 5.21 Å². The molecule has 0 bridgehead atoms. The van der Waals surface area contributed by atoms with Crippen molar-refractivity contribution in [2.75, 3.05) is 7.05 Å². The number of thiazole rings is 1. The van der Waals surface area contributed by atoms with Crippen molar-refractivity contribution in [3.63, 3.8) is 0 Å².